The summed E-state index contributed by atoms with van der Waals surface area (Å²) >= 11 is 0. The summed E-state index contributed by atoms with van der Waals surface area (Å²) in [5.74, 6) is 1.17. The van der Waals surface area contributed by atoms with Gasteiger partial charge in [0.05, 0.1) is 5.82 Å². The van der Waals surface area contributed by atoms with Crippen LogP contribution in [-0.2, 0) is 0 Å². The molecule has 0 unspecified atom stereocenters. The highest BCUT2D eigenvalue weighted by Crippen LogP contribution is 1.98. The van der Waals surface area contributed by atoms with Gasteiger partial charge in [0, 0.05) is 6.04 Å². The lowest BCUT2D eigenvalue weighted by molar-refractivity contribution is 0.646. The molecule has 0 aromatic carbocycles. The molecule has 0 aliphatic carbocycles. The Morgan fingerprint density at radius 1 is 1.25 bits per heavy atom. The van der Waals surface area contributed by atoms with Gasteiger partial charge >= 0.3 is 0 Å². The van der Waals surface area contributed by atoms with Crippen molar-refractivity contribution in [3.8, 4) is 0 Å². The van der Waals surface area contributed by atoms with Gasteiger partial charge in [-0.05, 0) is 26.8 Å². The van der Waals surface area contributed by atoms with E-state index in [-0.39, 0.29) is 0 Å². The van der Waals surface area contributed by atoms with Gasteiger partial charge in [0.1, 0.15) is 8.24 Å². The molecule has 0 saturated heterocycles. The van der Waals surface area contributed by atoms with E-state index in [2.05, 4.69) is 56.8 Å². The quantitative estimate of drug-likeness (QED) is 0.658. The largest absolute Gasteiger partial charge is 0.398 e. The SMILES string of the molecule is C/C=C(\NC(C)C)N[Si](C)(C)C. The van der Waals surface area contributed by atoms with E-state index in [4.69, 9.17) is 0 Å². The molecule has 72 valence electrons. The number of hydrogen-bond acceptors (Lipinski definition) is 2. The third-order valence-electron chi connectivity index (χ3n) is 1.24. The van der Waals surface area contributed by atoms with E-state index in [1.54, 1.807) is 0 Å². The van der Waals surface area contributed by atoms with Crippen molar-refractivity contribution in [3.05, 3.63) is 11.9 Å². The highest BCUT2D eigenvalue weighted by Gasteiger charge is 2.13. The predicted molar refractivity (Wildman–Crippen MR) is 58.5 cm³/mol. The van der Waals surface area contributed by atoms with Gasteiger partial charge in [-0.15, -0.1) is 0 Å². The zero-order valence-electron chi connectivity index (χ0n) is 9.15. The summed E-state index contributed by atoms with van der Waals surface area (Å²) in [5.41, 5.74) is 0. The van der Waals surface area contributed by atoms with E-state index < -0.39 is 8.24 Å². The zero-order chi connectivity index (χ0) is 9.78. The molecule has 0 saturated carbocycles. The summed E-state index contributed by atoms with van der Waals surface area (Å²) in [5, 5.41) is 3.37. The van der Waals surface area contributed by atoms with Gasteiger partial charge in [0.25, 0.3) is 0 Å². The van der Waals surface area contributed by atoms with Crippen LogP contribution in [0.4, 0.5) is 0 Å². The molecule has 0 bridgehead atoms. The van der Waals surface area contributed by atoms with Gasteiger partial charge < -0.3 is 10.3 Å². The van der Waals surface area contributed by atoms with E-state index in [1.807, 2.05) is 0 Å². The standard InChI is InChI=1S/C9H22N2Si/c1-7-9(10-8(2)3)11-12(4,5)6/h7-8,10-11H,1-6H3/b9-7+. The van der Waals surface area contributed by atoms with E-state index in [0.717, 1.165) is 0 Å². The molecule has 0 spiro atoms. The first-order valence-electron chi connectivity index (χ1n) is 4.56. The van der Waals surface area contributed by atoms with Crippen molar-refractivity contribution in [2.75, 3.05) is 0 Å². The summed E-state index contributed by atoms with van der Waals surface area (Å²) in [6, 6.07) is 0.500. The second kappa shape index (κ2) is 4.55. The van der Waals surface area contributed by atoms with Crippen LogP contribution in [-0.4, -0.2) is 14.3 Å². The molecule has 12 heavy (non-hydrogen) atoms. The normalized spacial score (nSPS) is 13.4. The molecule has 0 atom stereocenters. The van der Waals surface area contributed by atoms with Crippen LogP contribution in [0.2, 0.25) is 19.6 Å². The summed E-state index contributed by atoms with van der Waals surface area (Å²) in [6.45, 7) is 13.2. The second-order valence-corrected chi connectivity index (χ2v) is 9.13. The molecular formula is C9H22N2Si. The molecule has 0 aliphatic heterocycles. The first-order valence-corrected chi connectivity index (χ1v) is 8.06. The summed E-state index contributed by atoms with van der Waals surface area (Å²) in [6.07, 6.45) is 2.10. The first kappa shape index (κ1) is 11.6. The van der Waals surface area contributed by atoms with Crippen LogP contribution >= 0.6 is 0 Å². The number of allylic oxidation sites excluding steroid dienone is 1. The smallest absolute Gasteiger partial charge is 0.145 e. The van der Waals surface area contributed by atoms with E-state index >= 15 is 0 Å². The monoisotopic (exact) mass is 186 g/mol. The molecule has 2 N–H and O–H groups in total. The maximum atomic E-state index is 3.53. The summed E-state index contributed by atoms with van der Waals surface area (Å²) in [4.78, 5) is 3.53. The molecule has 0 radical (unpaired) electrons. The van der Waals surface area contributed by atoms with Gasteiger partial charge in [-0.3, -0.25) is 0 Å². The van der Waals surface area contributed by atoms with Crippen molar-refractivity contribution in [1.29, 1.82) is 0 Å². The fourth-order valence-corrected chi connectivity index (χ4v) is 1.93. The Morgan fingerprint density at radius 3 is 2.00 bits per heavy atom. The van der Waals surface area contributed by atoms with Crippen LogP contribution in [0.25, 0.3) is 0 Å². The Bertz CT molecular complexity index is 156. The van der Waals surface area contributed by atoms with Gasteiger partial charge in [-0.25, -0.2) is 0 Å². The lowest BCUT2D eigenvalue weighted by Gasteiger charge is -2.24. The van der Waals surface area contributed by atoms with E-state index in [9.17, 15) is 0 Å². The minimum atomic E-state index is -1.19. The van der Waals surface area contributed by atoms with Gasteiger partial charge in [-0.2, -0.15) is 0 Å². The third kappa shape index (κ3) is 6.28. The Labute approximate surface area is 77.5 Å². The predicted octanol–water partition coefficient (Wildman–Crippen LogP) is 2.27. The Kier molecular flexibility index (Phi) is 4.38. The number of rotatable bonds is 4. The molecule has 0 aromatic heterocycles. The van der Waals surface area contributed by atoms with Crippen molar-refractivity contribution < 1.29 is 0 Å². The minimum absolute atomic E-state index is 0.500. The molecular weight excluding hydrogens is 164 g/mol. The van der Waals surface area contributed by atoms with Crippen LogP contribution in [0.15, 0.2) is 11.9 Å². The average Bonchev–Trinajstić information content (AvgIpc) is 1.82. The molecule has 0 amide bonds. The Morgan fingerprint density at radius 2 is 1.75 bits per heavy atom. The maximum Gasteiger partial charge on any atom is 0.145 e. The molecule has 3 heteroatoms. The van der Waals surface area contributed by atoms with Gasteiger partial charge in [0.2, 0.25) is 0 Å². The summed E-state index contributed by atoms with van der Waals surface area (Å²) in [7, 11) is -1.19. The lowest BCUT2D eigenvalue weighted by atomic mass is 10.4. The van der Waals surface area contributed by atoms with E-state index in [1.165, 1.54) is 5.82 Å². The van der Waals surface area contributed by atoms with Gasteiger partial charge in [0.15, 0.2) is 0 Å². The minimum Gasteiger partial charge on any atom is -0.398 e. The van der Waals surface area contributed by atoms with Crippen LogP contribution in [0, 0.1) is 0 Å². The summed E-state index contributed by atoms with van der Waals surface area (Å²) < 4.78 is 0. The lowest BCUT2D eigenvalue weighted by Crippen LogP contribution is -2.45. The molecule has 2 nitrogen and oxygen atoms in total. The van der Waals surface area contributed by atoms with Gasteiger partial charge in [-0.1, -0.05) is 19.6 Å². The van der Waals surface area contributed by atoms with Crippen LogP contribution in [0.5, 0.6) is 0 Å². The van der Waals surface area contributed by atoms with E-state index in [0.29, 0.717) is 6.04 Å². The Balaban J connectivity index is 4.03. The molecule has 0 aliphatic rings. The molecule has 0 fully saturated rings. The van der Waals surface area contributed by atoms with Crippen LogP contribution in [0.3, 0.4) is 0 Å². The van der Waals surface area contributed by atoms with Crippen LogP contribution < -0.4 is 10.3 Å². The van der Waals surface area contributed by atoms with Crippen molar-refractivity contribution in [1.82, 2.24) is 10.3 Å². The molecule has 0 aromatic rings. The Hall–Kier alpha value is -0.443. The fourth-order valence-electron chi connectivity index (χ4n) is 0.907. The van der Waals surface area contributed by atoms with Crippen molar-refractivity contribution in [2.45, 2.75) is 46.5 Å². The average molecular weight is 186 g/mol. The highest BCUT2D eigenvalue weighted by atomic mass is 28.3. The zero-order valence-corrected chi connectivity index (χ0v) is 10.2. The fraction of sp³-hybridized carbons (Fsp3) is 0.778. The second-order valence-electron chi connectivity index (χ2n) is 4.38. The van der Waals surface area contributed by atoms with Crippen LogP contribution in [0.1, 0.15) is 20.8 Å². The number of nitrogens with one attached hydrogen (secondary N) is 2. The van der Waals surface area contributed by atoms with Crippen molar-refractivity contribution in [2.24, 2.45) is 0 Å². The maximum absolute atomic E-state index is 3.53. The third-order valence-corrected chi connectivity index (χ3v) is 2.26. The number of hydrogen-bond donors (Lipinski definition) is 2. The topological polar surface area (TPSA) is 24.1 Å². The molecule has 0 heterocycles. The molecule has 0 rings (SSSR count). The van der Waals surface area contributed by atoms with Crippen molar-refractivity contribution in [3.63, 3.8) is 0 Å². The highest BCUT2D eigenvalue weighted by molar-refractivity contribution is 6.74. The first-order chi connectivity index (χ1) is 5.35. The van der Waals surface area contributed by atoms with Crippen molar-refractivity contribution >= 4 is 8.24 Å².